The Labute approximate surface area is 137 Å². The number of hydrogen-bond acceptors (Lipinski definition) is 4. The van der Waals surface area contributed by atoms with Gasteiger partial charge < -0.3 is 14.8 Å². The molecule has 1 aliphatic carbocycles. The SMILES string of the molecule is COC(=O)C(CC1CCCCC1)NC(=O)OCc1ccccc1. The van der Waals surface area contributed by atoms with Crippen molar-refractivity contribution in [1.29, 1.82) is 0 Å². The van der Waals surface area contributed by atoms with Crippen LogP contribution >= 0.6 is 0 Å². The van der Waals surface area contributed by atoms with Crippen LogP contribution in [0.2, 0.25) is 0 Å². The maximum absolute atomic E-state index is 11.9. The van der Waals surface area contributed by atoms with Gasteiger partial charge in [-0.05, 0) is 17.9 Å². The molecule has 1 atom stereocenters. The van der Waals surface area contributed by atoms with Crippen LogP contribution in [-0.2, 0) is 20.9 Å². The smallest absolute Gasteiger partial charge is 0.408 e. The molecule has 126 valence electrons. The Morgan fingerprint density at radius 1 is 1.17 bits per heavy atom. The quantitative estimate of drug-likeness (QED) is 0.816. The predicted molar refractivity (Wildman–Crippen MR) is 86.8 cm³/mol. The van der Waals surface area contributed by atoms with Crippen molar-refractivity contribution in [3.05, 3.63) is 35.9 Å². The Morgan fingerprint density at radius 2 is 1.87 bits per heavy atom. The van der Waals surface area contributed by atoms with Gasteiger partial charge in [0, 0.05) is 0 Å². The van der Waals surface area contributed by atoms with Gasteiger partial charge >= 0.3 is 12.1 Å². The van der Waals surface area contributed by atoms with Gasteiger partial charge in [-0.3, -0.25) is 0 Å². The van der Waals surface area contributed by atoms with Crippen LogP contribution in [0.4, 0.5) is 4.79 Å². The van der Waals surface area contributed by atoms with Gasteiger partial charge in [-0.1, -0.05) is 62.4 Å². The van der Waals surface area contributed by atoms with Crippen molar-refractivity contribution in [3.8, 4) is 0 Å². The fourth-order valence-corrected chi connectivity index (χ4v) is 3.02. The molecule has 0 bridgehead atoms. The van der Waals surface area contributed by atoms with E-state index in [2.05, 4.69) is 5.32 Å². The molecule has 5 heteroatoms. The second kappa shape index (κ2) is 9.18. The topological polar surface area (TPSA) is 64.6 Å². The number of esters is 1. The number of ether oxygens (including phenoxy) is 2. The van der Waals surface area contributed by atoms with E-state index in [0.29, 0.717) is 12.3 Å². The van der Waals surface area contributed by atoms with Gasteiger partial charge in [0.05, 0.1) is 7.11 Å². The first-order chi connectivity index (χ1) is 11.2. The molecule has 0 heterocycles. The molecule has 1 aromatic rings. The molecule has 1 unspecified atom stereocenters. The standard InChI is InChI=1S/C18H25NO4/c1-22-17(20)16(12-14-8-4-2-5-9-14)19-18(21)23-13-15-10-6-3-7-11-15/h3,6-7,10-11,14,16H,2,4-5,8-9,12-13H2,1H3,(H,19,21). The molecule has 1 aliphatic rings. The van der Waals surface area contributed by atoms with E-state index in [4.69, 9.17) is 9.47 Å². The Morgan fingerprint density at radius 3 is 2.52 bits per heavy atom. The fourth-order valence-electron chi connectivity index (χ4n) is 3.02. The molecule has 23 heavy (non-hydrogen) atoms. The molecule has 1 N–H and O–H groups in total. The van der Waals surface area contributed by atoms with E-state index in [1.807, 2.05) is 30.3 Å². The molecule has 0 saturated heterocycles. The van der Waals surface area contributed by atoms with Crippen LogP contribution in [0.5, 0.6) is 0 Å². The van der Waals surface area contributed by atoms with E-state index in [1.165, 1.54) is 26.4 Å². The van der Waals surface area contributed by atoms with Crippen LogP contribution < -0.4 is 5.32 Å². The van der Waals surface area contributed by atoms with Crippen LogP contribution in [-0.4, -0.2) is 25.2 Å². The first-order valence-corrected chi connectivity index (χ1v) is 8.24. The third kappa shape index (κ3) is 5.93. The molecule has 5 nitrogen and oxygen atoms in total. The lowest BCUT2D eigenvalue weighted by atomic mass is 9.85. The minimum atomic E-state index is -0.633. The van der Waals surface area contributed by atoms with Gasteiger partial charge in [0.15, 0.2) is 0 Å². The fraction of sp³-hybridized carbons (Fsp3) is 0.556. The Hall–Kier alpha value is -2.04. The zero-order valence-electron chi connectivity index (χ0n) is 13.6. The third-order valence-corrected chi connectivity index (χ3v) is 4.28. The van der Waals surface area contributed by atoms with E-state index in [-0.39, 0.29) is 6.61 Å². The highest BCUT2D eigenvalue weighted by Gasteiger charge is 2.27. The van der Waals surface area contributed by atoms with Crippen LogP contribution in [0.25, 0.3) is 0 Å². The number of carbonyl (C=O) groups is 2. The largest absolute Gasteiger partial charge is 0.467 e. The summed E-state index contributed by atoms with van der Waals surface area (Å²) >= 11 is 0. The molecule has 1 fully saturated rings. The predicted octanol–water partition coefficient (Wildman–Crippen LogP) is 3.42. The summed E-state index contributed by atoms with van der Waals surface area (Å²) in [6, 6.07) is 8.81. The van der Waals surface area contributed by atoms with Gasteiger partial charge in [0.1, 0.15) is 12.6 Å². The van der Waals surface area contributed by atoms with Crippen molar-refractivity contribution in [1.82, 2.24) is 5.32 Å². The van der Waals surface area contributed by atoms with Crippen molar-refractivity contribution in [2.75, 3.05) is 7.11 Å². The summed E-state index contributed by atoms with van der Waals surface area (Å²) in [6.07, 6.45) is 5.88. The monoisotopic (exact) mass is 319 g/mol. The number of methoxy groups -OCH3 is 1. The van der Waals surface area contributed by atoms with Gasteiger partial charge in [-0.25, -0.2) is 9.59 Å². The van der Waals surface area contributed by atoms with Crippen molar-refractivity contribution < 1.29 is 19.1 Å². The Bertz CT molecular complexity index is 497. The zero-order chi connectivity index (χ0) is 16.5. The van der Waals surface area contributed by atoms with Crippen molar-refractivity contribution in [3.63, 3.8) is 0 Å². The molecule has 2 rings (SSSR count). The highest BCUT2D eigenvalue weighted by Crippen LogP contribution is 2.27. The summed E-state index contributed by atoms with van der Waals surface area (Å²) < 4.78 is 9.99. The van der Waals surface area contributed by atoms with E-state index in [1.54, 1.807) is 0 Å². The summed E-state index contributed by atoms with van der Waals surface area (Å²) in [5.74, 6) is 0.0505. The summed E-state index contributed by atoms with van der Waals surface area (Å²) in [6.45, 7) is 0.185. The highest BCUT2D eigenvalue weighted by molar-refractivity contribution is 5.81. The maximum Gasteiger partial charge on any atom is 0.408 e. The second-order valence-corrected chi connectivity index (χ2v) is 6.02. The summed E-state index contributed by atoms with van der Waals surface area (Å²) in [4.78, 5) is 23.9. The lowest BCUT2D eigenvalue weighted by molar-refractivity contribution is -0.143. The first-order valence-electron chi connectivity index (χ1n) is 8.24. The van der Waals surface area contributed by atoms with Gasteiger partial charge in [-0.15, -0.1) is 0 Å². The zero-order valence-corrected chi connectivity index (χ0v) is 13.6. The lowest BCUT2D eigenvalue weighted by Gasteiger charge is -2.25. The molecule has 1 amide bonds. The van der Waals surface area contributed by atoms with Crippen LogP contribution in [0, 0.1) is 5.92 Å². The number of benzene rings is 1. The summed E-state index contributed by atoms with van der Waals surface area (Å²) in [7, 11) is 1.34. The molecule has 0 aromatic heterocycles. The minimum absolute atomic E-state index is 0.185. The van der Waals surface area contributed by atoms with Crippen molar-refractivity contribution in [2.24, 2.45) is 5.92 Å². The van der Waals surface area contributed by atoms with Crippen molar-refractivity contribution >= 4 is 12.1 Å². The molecular formula is C18H25NO4. The first kappa shape index (κ1) is 17.3. The summed E-state index contributed by atoms with van der Waals surface area (Å²) in [5, 5.41) is 2.65. The molecule has 0 spiro atoms. The van der Waals surface area contributed by atoms with Crippen LogP contribution in [0.15, 0.2) is 30.3 Å². The van der Waals surface area contributed by atoms with Crippen LogP contribution in [0.1, 0.15) is 44.1 Å². The van der Waals surface area contributed by atoms with Gasteiger partial charge in [0.2, 0.25) is 0 Å². The molecule has 0 radical (unpaired) electrons. The van der Waals surface area contributed by atoms with Gasteiger partial charge in [0.25, 0.3) is 0 Å². The normalized spacial score (nSPS) is 16.4. The average Bonchev–Trinajstić information content (AvgIpc) is 2.60. The molecular weight excluding hydrogens is 294 g/mol. The highest BCUT2D eigenvalue weighted by atomic mass is 16.6. The summed E-state index contributed by atoms with van der Waals surface area (Å²) in [5.41, 5.74) is 0.907. The molecule has 1 saturated carbocycles. The third-order valence-electron chi connectivity index (χ3n) is 4.28. The lowest BCUT2D eigenvalue weighted by Crippen LogP contribution is -2.43. The van der Waals surface area contributed by atoms with Gasteiger partial charge in [-0.2, -0.15) is 0 Å². The number of amides is 1. The Balaban J connectivity index is 1.83. The van der Waals surface area contributed by atoms with E-state index in [0.717, 1.165) is 18.4 Å². The average molecular weight is 319 g/mol. The maximum atomic E-state index is 11.9. The number of rotatable bonds is 6. The van der Waals surface area contributed by atoms with Crippen LogP contribution in [0.3, 0.4) is 0 Å². The number of carbonyl (C=O) groups excluding carboxylic acids is 2. The number of nitrogens with one attached hydrogen (secondary N) is 1. The minimum Gasteiger partial charge on any atom is -0.467 e. The van der Waals surface area contributed by atoms with E-state index >= 15 is 0 Å². The number of alkyl carbamates (subject to hydrolysis) is 1. The van der Waals surface area contributed by atoms with Crippen molar-refractivity contribution in [2.45, 2.75) is 51.2 Å². The second-order valence-electron chi connectivity index (χ2n) is 6.02. The van der Waals surface area contributed by atoms with E-state index in [9.17, 15) is 9.59 Å². The molecule has 0 aliphatic heterocycles. The van der Waals surface area contributed by atoms with E-state index < -0.39 is 18.1 Å². The Kier molecular flexibility index (Phi) is 6.91. The number of hydrogen-bond donors (Lipinski definition) is 1. The molecule has 1 aromatic carbocycles.